The number of esters is 1. The number of hydrogen-bond acceptors (Lipinski definition) is 4. The number of ether oxygens (including phenoxy) is 1. The van der Waals surface area contributed by atoms with E-state index in [9.17, 15) is 14.4 Å². The Kier molecular flexibility index (Phi) is 5.05. The van der Waals surface area contributed by atoms with Crippen LogP contribution >= 0.6 is 0 Å². The lowest BCUT2D eigenvalue weighted by Crippen LogP contribution is -2.43. The van der Waals surface area contributed by atoms with E-state index in [0.717, 1.165) is 0 Å². The molecule has 2 amide bonds. The molecule has 1 aromatic carbocycles. The molecular formula is C13H16N2O4. The SMILES string of the molecule is CC[C@@H](NC(=O)c1ccc(OC(C)=O)cc1)C(N)=O. The van der Waals surface area contributed by atoms with E-state index >= 15 is 0 Å². The van der Waals surface area contributed by atoms with Crippen LogP contribution in [-0.2, 0) is 9.59 Å². The molecule has 102 valence electrons. The van der Waals surface area contributed by atoms with Crippen molar-refractivity contribution in [2.45, 2.75) is 26.3 Å². The first-order valence-corrected chi connectivity index (χ1v) is 5.82. The highest BCUT2D eigenvalue weighted by Gasteiger charge is 2.16. The van der Waals surface area contributed by atoms with Crippen LogP contribution in [0.15, 0.2) is 24.3 Å². The number of nitrogens with one attached hydrogen (secondary N) is 1. The summed E-state index contributed by atoms with van der Waals surface area (Å²) in [7, 11) is 0. The van der Waals surface area contributed by atoms with Crippen LogP contribution in [-0.4, -0.2) is 23.8 Å². The fraction of sp³-hybridized carbons (Fsp3) is 0.308. The molecule has 0 saturated carbocycles. The summed E-state index contributed by atoms with van der Waals surface area (Å²) in [6.07, 6.45) is 0.423. The molecule has 0 spiro atoms. The van der Waals surface area contributed by atoms with Gasteiger partial charge >= 0.3 is 5.97 Å². The second-order valence-electron chi connectivity index (χ2n) is 3.95. The third-order valence-corrected chi connectivity index (χ3v) is 2.44. The lowest BCUT2D eigenvalue weighted by Gasteiger charge is -2.13. The smallest absolute Gasteiger partial charge is 0.308 e. The fourth-order valence-corrected chi connectivity index (χ4v) is 1.46. The molecule has 0 heterocycles. The van der Waals surface area contributed by atoms with Crippen molar-refractivity contribution in [2.24, 2.45) is 5.73 Å². The van der Waals surface area contributed by atoms with Gasteiger partial charge in [0.1, 0.15) is 11.8 Å². The lowest BCUT2D eigenvalue weighted by molar-refractivity contribution is -0.131. The average molecular weight is 264 g/mol. The first-order chi connectivity index (χ1) is 8.93. The van der Waals surface area contributed by atoms with Crippen LogP contribution in [0.25, 0.3) is 0 Å². The van der Waals surface area contributed by atoms with Crippen LogP contribution < -0.4 is 15.8 Å². The van der Waals surface area contributed by atoms with Crippen molar-refractivity contribution in [1.82, 2.24) is 5.32 Å². The Morgan fingerprint density at radius 3 is 2.26 bits per heavy atom. The zero-order valence-corrected chi connectivity index (χ0v) is 10.8. The van der Waals surface area contributed by atoms with Crippen molar-refractivity contribution in [3.63, 3.8) is 0 Å². The first kappa shape index (κ1) is 14.7. The van der Waals surface area contributed by atoms with Crippen LogP contribution in [0.2, 0.25) is 0 Å². The highest BCUT2D eigenvalue weighted by molar-refractivity contribution is 5.97. The van der Waals surface area contributed by atoms with Crippen molar-refractivity contribution in [3.8, 4) is 5.75 Å². The van der Waals surface area contributed by atoms with E-state index in [-0.39, 0.29) is 0 Å². The molecule has 0 radical (unpaired) electrons. The Bertz CT molecular complexity index is 482. The maximum Gasteiger partial charge on any atom is 0.308 e. The molecule has 0 aromatic heterocycles. The molecule has 0 saturated heterocycles. The molecule has 6 heteroatoms. The minimum Gasteiger partial charge on any atom is -0.427 e. The Labute approximate surface area is 110 Å². The maximum atomic E-state index is 11.8. The second-order valence-corrected chi connectivity index (χ2v) is 3.95. The average Bonchev–Trinajstić information content (AvgIpc) is 2.35. The topological polar surface area (TPSA) is 98.5 Å². The van der Waals surface area contributed by atoms with E-state index in [0.29, 0.717) is 17.7 Å². The van der Waals surface area contributed by atoms with E-state index in [1.165, 1.54) is 31.2 Å². The summed E-state index contributed by atoms with van der Waals surface area (Å²) in [5.41, 5.74) is 5.50. The summed E-state index contributed by atoms with van der Waals surface area (Å²) < 4.78 is 4.84. The maximum absolute atomic E-state index is 11.8. The number of benzene rings is 1. The third kappa shape index (κ3) is 4.42. The largest absolute Gasteiger partial charge is 0.427 e. The number of rotatable bonds is 5. The summed E-state index contributed by atoms with van der Waals surface area (Å²) in [5, 5.41) is 2.52. The van der Waals surface area contributed by atoms with E-state index in [1.807, 2.05) is 0 Å². The van der Waals surface area contributed by atoms with Gasteiger partial charge in [0, 0.05) is 12.5 Å². The standard InChI is InChI=1S/C13H16N2O4/c1-3-11(12(14)17)15-13(18)9-4-6-10(7-5-9)19-8(2)16/h4-7,11H,3H2,1-2H3,(H2,14,17)(H,15,18)/t11-/m1/s1. The van der Waals surface area contributed by atoms with Gasteiger partial charge in [-0.05, 0) is 30.7 Å². The Hall–Kier alpha value is -2.37. The summed E-state index contributed by atoms with van der Waals surface area (Å²) in [6.45, 7) is 3.04. The molecular weight excluding hydrogens is 248 g/mol. The zero-order chi connectivity index (χ0) is 14.4. The summed E-state index contributed by atoms with van der Waals surface area (Å²) in [4.78, 5) is 33.6. The molecule has 0 bridgehead atoms. The first-order valence-electron chi connectivity index (χ1n) is 5.82. The van der Waals surface area contributed by atoms with Gasteiger partial charge in [0.2, 0.25) is 5.91 Å². The number of hydrogen-bond donors (Lipinski definition) is 2. The minimum absolute atomic E-state index is 0.353. The van der Waals surface area contributed by atoms with Gasteiger partial charge in [0.15, 0.2) is 0 Å². The van der Waals surface area contributed by atoms with Crippen molar-refractivity contribution in [3.05, 3.63) is 29.8 Å². The molecule has 1 atom stereocenters. The molecule has 6 nitrogen and oxygen atoms in total. The number of carbonyl (C=O) groups is 3. The Balaban J connectivity index is 2.72. The Morgan fingerprint density at radius 2 is 1.84 bits per heavy atom. The van der Waals surface area contributed by atoms with Crippen molar-refractivity contribution in [2.75, 3.05) is 0 Å². The monoisotopic (exact) mass is 264 g/mol. The predicted octanol–water partition coefficient (Wildman–Crippen LogP) is 0.606. The molecule has 1 rings (SSSR count). The van der Waals surface area contributed by atoms with Crippen molar-refractivity contribution >= 4 is 17.8 Å². The summed E-state index contributed by atoms with van der Waals surface area (Å²) in [5.74, 6) is -1.06. The lowest BCUT2D eigenvalue weighted by atomic mass is 10.1. The number of primary amides is 1. The molecule has 0 aliphatic rings. The van der Waals surface area contributed by atoms with E-state index in [2.05, 4.69) is 5.32 Å². The summed E-state index contributed by atoms with van der Waals surface area (Å²) >= 11 is 0. The molecule has 0 aliphatic heterocycles. The zero-order valence-electron chi connectivity index (χ0n) is 10.8. The van der Waals surface area contributed by atoms with Gasteiger partial charge < -0.3 is 15.8 Å². The fourth-order valence-electron chi connectivity index (χ4n) is 1.46. The molecule has 1 aromatic rings. The van der Waals surface area contributed by atoms with Gasteiger partial charge in [0.25, 0.3) is 5.91 Å². The van der Waals surface area contributed by atoms with Gasteiger partial charge in [-0.15, -0.1) is 0 Å². The second kappa shape index (κ2) is 6.53. The van der Waals surface area contributed by atoms with Gasteiger partial charge in [-0.1, -0.05) is 6.92 Å². The Morgan fingerprint density at radius 1 is 1.26 bits per heavy atom. The van der Waals surface area contributed by atoms with Crippen LogP contribution in [0.3, 0.4) is 0 Å². The van der Waals surface area contributed by atoms with E-state index < -0.39 is 23.8 Å². The number of carbonyl (C=O) groups excluding carboxylic acids is 3. The normalized spacial score (nSPS) is 11.5. The number of amides is 2. The molecule has 0 unspecified atom stereocenters. The van der Waals surface area contributed by atoms with Gasteiger partial charge in [-0.25, -0.2) is 0 Å². The van der Waals surface area contributed by atoms with Crippen LogP contribution in [0.4, 0.5) is 0 Å². The van der Waals surface area contributed by atoms with Gasteiger partial charge in [-0.3, -0.25) is 14.4 Å². The van der Waals surface area contributed by atoms with E-state index in [4.69, 9.17) is 10.5 Å². The highest BCUT2D eigenvalue weighted by atomic mass is 16.5. The predicted molar refractivity (Wildman–Crippen MR) is 68.5 cm³/mol. The van der Waals surface area contributed by atoms with Crippen molar-refractivity contribution in [1.29, 1.82) is 0 Å². The van der Waals surface area contributed by atoms with Crippen molar-refractivity contribution < 1.29 is 19.1 Å². The molecule has 3 N–H and O–H groups in total. The van der Waals surface area contributed by atoms with E-state index in [1.54, 1.807) is 6.92 Å². The molecule has 0 fully saturated rings. The van der Waals surface area contributed by atoms with Gasteiger partial charge in [0.05, 0.1) is 0 Å². The van der Waals surface area contributed by atoms with Crippen LogP contribution in [0, 0.1) is 0 Å². The molecule has 19 heavy (non-hydrogen) atoms. The quantitative estimate of drug-likeness (QED) is 0.601. The third-order valence-electron chi connectivity index (χ3n) is 2.44. The van der Waals surface area contributed by atoms with Gasteiger partial charge in [-0.2, -0.15) is 0 Å². The van der Waals surface area contributed by atoms with Crippen LogP contribution in [0.5, 0.6) is 5.75 Å². The minimum atomic E-state index is -0.694. The van der Waals surface area contributed by atoms with Crippen LogP contribution in [0.1, 0.15) is 30.6 Å². The summed E-state index contributed by atoms with van der Waals surface area (Å²) in [6, 6.07) is 5.31. The highest BCUT2D eigenvalue weighted by Crippen LogP contribution is 2.12. The molecule has 0 aliphatic carbocycles. The number of nitrogens with two attached hydrogens (primary N) is 1.